The highest BCUT2D eigenvalue weighted by Gasteiger charge is 2.33. The van der Waals surface area contributed by atoms with E-state index in [9.17, 15) is 13.6 Å². The van der Waals surface area contributed by atoms with Gasteiger partial charge in [0.25, 0.3) is 5.91 Å². The van der Waals surface area contributed by atoms with E-state index in [0.717, 1.165) is 16.8 Å². The van der Waals surface area contributed by atoms with Gasteiger partial charge in [-0.2, -0.15) is 0 Å². The first-order valence-electron chi connectivity index (χ1n) is 9.32. The minimum atomic E-state index is -0.750. The summed E-state index contributed by atoms with van der Waals surface area (Å²) in [5.41, 5.74) is 1.52. The van der Waals surface area contributed by atoms with Gasteiger partial charge in [0.05, 0.1) is 20.3 Å². The van der Waals surface area contributed by atoms with Gasteiger partial charge in [0.1, 0.15) is 5.82 Å². The number of fused-ring (bicyclic) bond motifs is 1. The highest BCUT2D eigenvalue weighted by atomic mass is 19.1. The van der Waals surface area contributed by atoms with Crippen molar-refractivity contribution in [2.45, 2.75) is 6.92 Å². The molecule has 0 spiro atoms. The van der Waals surface area contributed by atoms with Crippen LogP contribution in [0.15, 0.2) is 48.5 Å². The molecule has 1 saturated heterocycles. The van der Waals surface area contributed by atoms with E-state index in [1.54, 1.807) is 18.2 Å². The first kappa shape index (κ1) is 19.3. The first-order valence-corrected chi connectivity index (χ1v) is 9.32. The molecule has 0 aromatic heterocycles. The van der Waals surface area contributed by atoms with Crippen molar-refractivity contribution in [2.75, 3.05) is 26.9 Å². The molecular formula is C23H21F2NO3. The molecule has 150 valence electrons. The van der Waals surface area contributed by atoms with Crippen LogP contribution in [0.4, 0.5) is 8.78 Å². The van der Waals surface area contributed by atoms with Crippen molar-refractivity contribution >= 4 is 16.7 Å². The Morgan fingerprint density at radius 1 is 1.10 bits per heavy atom. The summed E-state index contributed by atoms with van der Waals surface area (Å²) in [4.78, 5) is 12.5. The Balaban J connectivity index is 1.62. The van der Waals surface area contributed by atoms with E-state index in [-0.39, 0.29) is 17.1 Å². The minimum Gasteiger partial charge on any atom is -0.493 e. The fourth-order valence-electron chi connectivity index (χ4n) is 3.49. The number of amides is 1. The maximum atomic E-state index is 14.0. The molecule has 3 aromatic carbocycles. The summed E-state index contributed by atoms with van der Waals surface area (Å²) in [6.45, 7) is 3.94. The van der Waals surface area contributed by atoms with E-state index in [2.05, 4.69) is 12.2 Å². The van der Waals surface area contributed by atoms with Gasteiger partial charge in [-0.05, 0) is 40.6 Å². The maximum absolute atomic E-state index is 14.0. The van der Waals surface area contributed by atoms with Crippen LogP contribution in [0.5, 0.6) is 5.75 Å². The number of methoxy groups -OCH3 is 1. The van der Waals surface area contributed by atoms with Crippen molar-refractivity contribution in [3.8, 4) is 16.9 Å². The number of halogens is 2. The zero-order valence-electron chi connectivity index (χ0n) is 16.2. The van der Waals surface area contributed by atoms with Crippen molar-refractivity contribution in [1.29, 1.82) is 0 Å². The van der Waals surface area contributed by atoms with E-state index in [1.807, 2.05) is 18.2 Å². The van der Waals surface area contributed by atoms with Crippen LogP contribution >= 0.6 is 0 Å². The lowest BCUT2D eigenvalue weighted by molar-refractivity contribution is -0.0978. The summed E-state index contributed by atoms with van der Waals surface area (Å²) in [6, 6.07) is 12.8. The molecular weight excluding hydrogens is 376 g/mol. The van der Waals surface area contributed by atoms with Crippen LogP contribution in [-0.2, 0) is 4.74 Å². The Labute approximate surface area is 167 Å². The molecule has 0 aliphatic carbocycles. The minimum absolute atomic E-state index is 0.000692. The second-order valence-electron chi connectivity index (χ2n) is 7.73. The number of hydrogen-bond donors (Lipinski definition) is 1. The number of hydrogen-bond acceptors (Lipinski definition) is 3. The van der Waals surface area contributed by atoms with Crippen molar-refractivity contribution in [1.82, 2.24) is 5.32 Å². The molecule has 1 aliphatic rings. The Bertz CT molecular complexity index is 1090. The van der Waals surface area contributed by atoms with Crippen molar-refractivity contribution in [3.05, 3.63) is 65.7 Å². The first-order chi connectivity index (χ1) is 13.9. The standard InChI is InChI=1S/C23H21F2NO3/c1-23(12-29-13-23)11-26-22(27)17-6-4-14-7-16(5-3-15(14)8-17)19-9-18(24)10-20(25)21(19)28-2/h3-10H,11-13H2,1-2H3,(H,26,27). The Kier molecular flexibility index (Phi) is 4.96. The quantitative estimate of drug-likeness (QED) is 0.687. The molecule has 0 unspecified atom stereocenters. The van der Waals surface area contributed by atoms with Crippen LogP contribution < -0.4 is 10.1 Å². The number of ether oxygens (including phenoxy) is 2. The summed E-state index contributed by atoms with van der Waals surface area (Å²) >= 11 is 0. The van der Waals surface area contributed by atoms with Crippen LogP contribution in [0.3, 0.4) is 0 Å². The van der Waals surface area contributed by atoms with Crippen LogP contribution in [0, 0.1) is 17.0 Å². The van der Waals surface area contributed by atoms with Gasteiger partial charge in [-0.1, -0.05) is 25.1 Å². The lowest BCUT2D eigenvalue weighted by Gasteiger charge is -2.38. The summed E-state index contributed by atoms with van der Waals surface area (Å²) < 4.78 is 38.1. The fourth-order valence-corrected chi connectivity index (χ4v) is 3.49. The number of nitrogens with one attached hydrogen (secondary N) is 1. The maximum Gasteiger partial charge on any atom is 0.251 e. The topological polar surface area (TPSA) is 47.6 Å². The highest BCUT2D eigenvalue weighted by Crippen LogP contribution is 2.35. The van der Waals surface area contributed by atoms with Gasteiger partial charge in [0.15, 0.2) is 11.6 Å². The molecule has 1 amide bonds. The van der Waals surface area contributed by atoms with Crippen LogP contribution in [0.1, 0.15) is 17.3 Å². The van der Waals surface area contributed by atoms with E-state index < -0.39 is 11.6 Å². The van der Waals surface area contributed by atoms with Gasteiger partial charge in [-0.25, -0.2) is 8.78 Å². The van der Waals surface area contributed by atoms with Gasteiger partial charge >= 0.3 is 0 Å². The predicted molar refractivity (Wildman–Crippen MR) is 107 cm³/mol. The van der Waals surface area contributed by atoms with E-state index in [0.29, 0.717) is 36.4 Å². The third kappa shape index (κ3) is 3.80. The summed E-state index contributed by atoms with van der Waals surface area (Å²) in [6.07, 6.45) is 0. The monoisotopic (exact) mass is 397 g/mol. The second kappa shape index (κ2) is 7.44. The van der Waals surface area contributed by atoms with E-state index in [1.165, 1.54) is 13.2 Å². The summed E-state index contributed by atoms with van der Waals surface area (Å²) in [5.74, 6) is -1.57. The van der Waals surface area contributed by atoms with Gasteiger partial charge in [0, 0.05) is 29.2 Å². The van der Waals surface area contributed by atoms with Crippen LogP contribution in [0.25, 0.3) is 21.9 Å². The van der Waals surface area contributed by atoms with Gasteiger partial charge in [-0.3, -0.25) is 4.79 Å². The van der Waals surface area contributed by atoms with Gasteiger partial charge in [-0.15, -0.1) is 0 Å². The predicted octanol–water partition coefficient (Wildman–Crippen LogP) is 4.56. The molecule has 4 rings (SSSR count). The zero-order valence-corrected chi connectivity index (χ0v) is 16.2. The Morgan fingerprint density at radius 2 is 1.83 bits per heavy atom. The Hall–Kier alpha value is -2.99. The third-order valence-electron chi connectivity index (χ3n) is 5.20. The molecule has 0 radical (unpaired) electrons. The molecule has 6 heteroatoms. The average Bonchev–Trinajstić information content (AvgIpc) is 2.69. The molecule has 0 saturated carbocycles. The summed E-state index contributed by atoms with van der Waals surface area (Å²) in [5, 5.41) is 4.66. The second-order valence-corrected chi connectivity index (χ2v) is 7.73. The van der Waals surface area contributed by atoms with Gasteiger partial charge in [0.2, 0.25) is 0 Å². The lowest BCUT2D eigenvalue weighted by atomic mass is 9.88. The molecule has 1 fully saturated rings. The van der Waals surface area contributed by atoms with Gasteiger partial charge < -0.3 is 14.8 Å². The van der Waals surface area contributed by atoms with Crippen LogP contribution in [-0.4, -0.2) is 32.8 Å². The molecule has 1 heterocycles. The number of carbonyl (C=O) groups excluding carboxylic acids is 1. The largest absolute Gasteiger partial charge is 0.493 e. The Morgan fingerprint density at radius 3 is 2.52 bits per heavy atom. The lowest BCUT2D eigenvalue weighted by Crippen LogP contribution is -2.48. The third-order valence-corrected chi connectivity index (χ3v) is 5.20. The van der Waals surface area contributed by atoms with E-state index in [4.69, 9.17) is 9.47 Å². The number of carbonyl (C=O) groups is 1. The fraction of sp³-hybridized carbons (Fsp3) is 0.261. The average molecular weight is 397 g/mol. The number of benzene rings is 3. The SMILES string of the molecule is COc1c(F)cc(F)cc1-c1ccc2cc(C(=O)NCC3(C)COC3)ccc2c1. The number of rotatable bonds is 5. The zero-order chi connectivity index (χ0) is 20.6. The van der Waals surface area contributed by atoms with E-state index >= 15 is 0 Å². The molecule has 4 nitrogen and oxygen atoms in total. The smallest absolute Gasteiger partial charge is 0.251 e. The molecule has 1 N–H and O–H groups in total. The molecule has 29 heavy (non-hydrogen) atoms. The van der Waals surface area contributed by atoms with Crippen molar-refractivity contribution in [3.63, 3.8) is 0 Å². The molecule has 0 atom stereocenters. The normalized spacial score (nSPS) is 15.0. The van der Waals surface area contributed by atoms with Crippen molar-refractivity contribution in [2.24, 2.45) is 5.41 Å². The van der Waals surface area contributed by atoms with Crippen molar-refractivity contribution < 1.29 is 23.0 Å². The molecule has 1 aliphatic heterocycles. The molecule has 0 bridgehead atoms. The van der Waals surface area contributed by atoms with Crippen LogP contribution in [0.2, 0.25) is 0 Å². The summed E-state index contributed by atoms with van der Waals surface area (Å²) in [7, 11) is 1.35. The highest BCUT2D eigenvalue weighted by molar-refractivity contribution is 5.99. The molecule has 3 aromatic rings.